The molecule has 2 aliphatic heterocycles. The molecule has 1 aromatic carbocycles. The summed E-state index contributed by atoms with van der Waals surface area (Å²) in [6.07, 6.45) is 4.17. The normalized spacial score (nSPS) is 31.8. The van der Waals surface area contributed by atoms with E-state index < -0.39 is 5.60 Å². The van der Waals surface area contributed by atoms with Crippen molar-refractivity contribution in [2.75, 3.05) is 13.1 Å². The van der Waals surface area contributed by atoms with Crippen LogP contribution < -0.4 is 0 Å². The number of nitrogens with zero attached hydrogens (tertiary/aromatic N) is 1. The lowest BCUT2D eigenvalue weighted by Gasteiger charge is -2.30. The molecule has 2 atom stereocenters. The number of benzene rings is 1. The van der Waals surface area contributed by atoms with Gasteiger partial charge >= 0.3 is 0 Å². The highest BCUT2D eigenvalue weighted by Crippen LogP contribution is 2.38. The molecule has 0 bridgehead atoms. The van der Waals surface area contributed by atoms with Crippen molar-refractivity contribution in [3.8, 4) is 0 Å². The van der Waals surface area contributed by atoms with Gasteiger partial charge in [-0.1, -0.05) is 29.3 Å². The van der Waals surface area contributed by atoms with Gasteiger partial charge in [0, 0.05) is 19.0 Å². The Kier molecular flexibility index (Phi) is 2.95. The highest BCUT2D eigenvalue weighted by molar-refractivity contribution is 5.30. The van der Waals surface area contributed by atoms with Crippen LogP contribution in [-0.4, -0.2) is 34.7 Å². The molecule has 3 rings (SSSR count). The Balaban J connectivity index is 1.83. The van der Waals surface area contributed by atoms with Gasteiger partial charge < -0.3 is 5.11 Å². The molecule has 2 heterocycles. The number of hydrogen-bond donors (Lipinski definition) is 1. The van der Waals surface area contributed by atoms with E-state index in [1.165, 1.54) is 36.1 Å². The fourth-order valence-corrected chi connectivity index (χ4v) is 3.94. The summed E-state index contributed by atoms with van der Waals surface area (Å²) in [6.45, 7) is 6.53. The van der Waals surface area contributed by atoms with Crippen molar-refractivity contribution in [1.29, 1.82) is 0 Å². The van der Waals surface area contributed by atoms with Gasteiger partial charge in [0.2, 0.25) is 0 Å². The van der Waals surface area contributed by atoms with Gasteiger partial charge in [0.05, 0.1) is 5.60 Å². The lowest BCUT2D eigenvalue weighted by Crippen LogP contribution is -2.43. The zero-order valence-corrected chi connectivity index (χ0v) is 11.4. The van der Waals surface area contributed by atoms with Gasteiger partial charge in [-0.2, -0.15) is 0 Å². The second-order valence-electron chi connectivity index (χ2n) is 6.22. The number of rotatable bonds is 2. The van der Waals surface area contributed by atoms with Gasteiger partial charge in [-0.25, -0.2) is 0 Å². The molecule has 1 N–H and O–H groups in total. The second kappa shape index (κ2) is 4.36. The van der Waals surface area contributed by atoms with Crippen LogP contribution in [0.2, 0.25) is 0 Å². The Bertz CT molecular complexity index is 436. The number of fused-ring (bicyclic) bond motifs is 1. The molecule has 18 heavy (non-hydrogen) atoms. The smallest absolute Gasteiger partial charge is 0.0854 e. The summed E-state index contributed by atoms with van der Waals surface area (Å²) in [4.78, 5) is 2.47. The quantitative estimate of drug-likeness (QED) is 0.865. The average molecular weight is 245 g/mol. The third-order valence-electron chi connectivity index (χ3n) is 4.61. The molecule has 0 aliphatic carbocycles. The van der Waals surface area contributed by atoms with Crippen molar-refractivity contribution in [1.82, 2.24) is 4.90 Å². The average Bonchev–Trinajstić information content (AvgIpc) is 2.82. The van der Waals surface area contributed by atoms with Crippen molar-refractivity contribution >= 4 is 0 Å². The number of aliphatic hydroxyl groups is 1. The summed E-state index contributed by atoms with van der Waals surface area (Å²) in [5.74, 6) is 0. The van der Waals surface area contributed by atoms with E-state index in [4.69, 9.17) is 0 Å². The fraction of sp³-hybridized carbons (Fsp3) is 0.625. The maximum atomic E-state index is 11.0. The second-order valence-corrected chi connectivity index (χ2v) is 6.22. The lowest BCUT2D eigenvalue weighted by atomic mass is 9.85. The standard InChI is InChI=1S/C16H23NO/c1-12-8-13(2)10-14(9-12)11-16(18)5-7-17-6-3-4-15(16)17/h8-10,15,18H,3-7,11H2,1-2H3. The largest absolute Gasteiger partial charge is 0.388 e. The molecule has 98 valence electrons. The number of aryl methyl sites for hydroxylation is 2. The molecule has 0 spiro atoms. The van der Waals surface area contributed by atoms with Crippen LogP contribution in [0.5, 0.6) is 0 Å². The van der Waals surface area contributed by atoms with E-state index in [9.17, 15) is 5.11 Å². The maximum Gasteiger partial charge on any atom is 0.0854 e. The van der Waals surface area contributed by atoms with E-state index in [1.807, 2.05) is 0 Å². The van der Waals surface area contributed by atoms with Gasteiger partial charge in [0.1, 0.15) is 0 Å². The van der Waals surface area contributed by atoms with Crippen LogP contribution in [0, 0.1) is 13.8 Å². The lowest BCUT2D eigenvalue weighted by molar-refractivity contribution is 0.0141. The van der Waals surface area contributed by atoms with E-state index in [0.717, 1.165) is 19.4 Å². The van der Waals surface area contributed by atoms with E-state index in [-0.39, 0.29) is 0 Å². The molecular weight excluding hydrogens is 222 g/mol. The zero-order valence-electron chi connectivity index (χ0n) is 11.4. The summed E-state index contributed by atoms with van der Waals surface area (Å²) in [5.41, 5.74) is 3.41. The number of hydrogen-bond acceptors (Lipinski definition) is 2. The molecule has 0 aromatic heterocycles. The minimum Gasteiger partial charge on any atom is -0.388 e. The van der Waals surface area contributed by atoms with E-state index >= 15 is 0 Å². The zero-order chi connectivity index (χ0) is 12.8. The van der Waals surface area contributed by atoms with Crippen LogP contribution in [0.3, 0.4) is 0 Å². The molecule has 2 nitrogen and oxygen atoms in total. The highest BCUT2D eigenvalue weighted by Gasteiger charge is 2.47. The van der Waals surface area contributed by atoms with E-state index in [2.05, 4.69) is 36.9 Å². The minimum atomic E-state index is -0.489. The molecule has 2 unspecified atom stereocenters. The summed E-state index contributed by atoms with van der Waals surface area (Å²) in [5, 5.41) is 11.0. The highest BCUT2D eigenvalue weighted by atomic mass is 16.3. The van der Waals surface area contributed by atoms with Crippen LogP contribution in [0.25, 0.3) is 0 Å². The van der Waals surface area contributed by atoms with Gasteiger partial charge in [0.25, 0.3) is 0 Å². The third kappa shape index (κ3) is 2.08. The van der Waals surface area contributed by atoms with Crippen LogP contribution >= 0.6 is 0 Å². The van der Waals surface area contributed by atoms with Crippen LogP contribution in [0.15, 0.2) is 18.2 Å². The van der Waals surface area contributed by atoms with Crippen LogP contribution in [-0.2, 0) is 6.42 Å². The molecule has 1 aromatic rings. The monoisotopic (exact) mass is 245 g/mol. The molecule has 2 aliphatic rings. The first-order chi connectivity index (χ1) is 8.57. The van der Waals surface area contributed by atoms with Gasteiger partial charge in [0.15, 0.2) is 0 Å². The van der Waals surface area contributed by atoms with E-state index in [1.54, 1.807) is 0 Å². The molecule has 0 radical (unpaired) electrons. The molecule has 2 heteroatoms. The van der Waals surface area contributed by atoms with Gasteiger partial charge in [-0.15, -0.1) is 0 Å². The van der Waals surface area contributed by atoms with Crippen molar-refractivity contribution in [3.05, 3.63) is 34.9 Å². The fourth-order valence-electron chi connectivity index (χ4n) is 3.94. The van der Waals surface area contributed by atoms with Crippen molar-refractivity contribution < 1.29 is 5.11 Å². The van der Waals surface area contributed by atoms with Crippen molar-refractivity contribution in [2.24, 2.45) is 0 Å². The molecule has 0 amide bonds. The predicted molar refractivity (Wildman–Crippen MR) is 73.8 cm³/mol. The first kappa shape index (κ1) is 12.2. The summed E-state index contributed by atoms with van der Waals surface area (Å²) in [7, 11) is 0. The molecule has 2 fully saturated rings. The minimum absolute atomic E-state index is 0.401. The van der Waals surface area contributed by atoms with Crippen molar-refractivity contribution in [3.63, 3.8) is 0 Å². The van der Waals surface area contributed by atoms with E-state index in [0.29, 0.717) is 6.04 Å². The Morgan fingerprint density at radius 2 is 1.94 bits per heavy atom. The summed E-state index contributed by atoms with van der Waals surface area (Å²) in [6, 6.07) is 7.05. The Hall–Kier alpha value is -0.860. The topological polar surface area (TPSA) is 23.5 Å². The molecular formula is C16H23NO. The van der Waals surface area contributed by atoms with Gasteiger partial charge in [-0.05, 0) is 45.2 Å². The Morgan fingerprint density at radius 3 is 2.67 bits per heavy atom. The summed E-state index contributed by atoms with van der Waals surface area (Å²) >= 11 is 0. The first-order valence-corrected chi connectivity index (χ1v) is 7.10. The first-order valence-electron chi connectivity index (χ1n) is 7.10. The van der Waals surface area contributed by atoms with Gasteiger partial charge in [-0.3, -0.25) is 4.90 Å². The predicted octanol–water partition coefficient (Wildman–Crippen LogP) is 2.45. The Labute approximate surface area is 110 Å². The molecule has 0 saturated carbocycles. The Morgan fingerprint density at radius 1 is 1.22 bits per heavy atom. The SMILES string of the molecule is Cc1cc(C)cc(CC2(O)CCN3CCCC32)c1. The summed E-state index contributed by atoms with van der Waals surface area (Å²) < 4.78 is 0. The van der Waals surface area contributed by atoms with Crippen LogP contribution in [0.4, 0.5) is 0 Å². The van der Waals surface area contributed by atoms with Crippen LogP contribution in [0.1, 0.15) is 36.0 Å². The maximum absolute atomic E-state index is 11.0. The third-order valence-corrected chi connectivity index (χ3v) is 4.61. The molecule has 2 saturated heterocycles. The van der Waals surface area contributed by atoms with Crippen molar-refractivity contribution in [2.45, 2.75) is 51.2 Å².